The average molecular weight is 449 g/mol. The van der Waals surface area contributed by atoms with Crippen molar-refractivity contribution in [1.82, 2.24) is 14.5 Å². The van der Waals surface area contributed by atoms with Crippen LogP contribution in [0, 0.1) is 20.8 Å². The van der Waals surface area contributed by atoms with E-state index >= 15 is 0 Å². The normalized spacial score (nSPS) is 11.0. The number of carbonyl (C=O) groups is 1. The fourth-order valence-corrected chi connectivity index (χ4v) is 4.24. The number of ether oxygens (including phenoxy) is 1. The van der Waals surface area contributed by atoms with Gasteiger partial charge in [-0.3, -0.25) is 14.2 Å². The zero-order valence-electron chi connectivity index (χ0n) is 18.4. The molecule has 164 valence electrons. The van der Waals surface area contributed by atoms with E-state index < -0.39 is 0 Å². The lowest BCUT2D eigenvalue weighted by molar-refractivity contribution is -0.113. The Kier molecular flexibility index (Phi) is 6.05. The van der Waals surface area contributed by atoms with Crippen molar-refractivity contribution in [3.8, 4) is 11.4 Å². The summed E-state index contributed by atoms with van der Waals surface area (Å²) in [6, 6.07) is 15.1. The van der Waals surface area contributed by atoms with Crippen molar-refractivity contribution in [2.45, 2.75) is 25.9 Å². The molecule has 4 rings (SSSR count). The fraction of sp³-hybridized carbons (Fsp3) is 0.208. The fourth-order valence-electron chi connectivity index (χ4n) is 3.43. The summed E-state index contributed by atoms with van der Waals surface area (Å²) in [7, 11) is 1.56. The number of anilines is 1. The minimum absolute atomic E-state index is 0.0876. The minimum Gasteiger partial charge on any atom is -0.495 e. The molecule has 0 aliphatic rings. The summed E-state index contributed by atoms with van der Waals surface area (Å²) >= 11 is 1.21. The number of thioether (sulfide) groups is 1. The Morgan fingerprint density at radius 3 is 2.53 bits per heavy atom. The summed E-state index contributed by atoms with van der Waals surface area (Å²) < 4.78 is 6.88. The number of methoxy groups -OCH3 is 1. The van der Waals surface area contributed by atoms with Gasteiger partial charge in [-0.2, -0.15) is 0 Å². The number of aryl methyl sites for hydroxylation is 3. The third-order valence-electron chi connectivity index (χ3n) is 5.01. The Labute approximate surface area is 189 Å². The predicted molar refractivity (Wildman–Crippen MR) is 128 cm³/mol. The summed E-state index contributed by atoms with van der Waals surface area (Å²) in [4.78, 5) is 33.7. The van der Waals surface area contributed by atoms with E-state index in [1.54, 1.807) is 11.7 Å². The number of hydrogen-bond donors (Lipinski definition) is 2. The quantitative estimate of drug-likeness (QED) is 0.338. The van der Waals surface area contributed by atoms with E-state index in [-0.39, 0.29) is 17.2 Å². The van der Waals surface area contributed by atoms with E-state index in [1.165, 1.54) is 11.8 Å². The van der Waals surface area contributed by atoms with Crippen molar-refractivity contribution in [1.29, 1.82) is 0 Å². The first-order valence-corrected chi connectivity index (χ1v) is 11.1. The zero-order chi connectivity index (χ0) is 22.8. The number of nitrogens with zero attached hydrogens (tertiary/aromatic N) is 2. The number of rotatable bonds is 6. The van der Waals surface area contributed by atoms with Crippen LogP contribution in [0.2, 0.25) is 0 Å². The van der Waals surface area contributed by atoms with Gasteiger partial charge >= 0.3 is 0 Å². The molecular weight excluding hydrogens is 424 g/mol. The summed E-state index contributed by atoms with van der Waals surface area (Å²) in [5.74, 6) is 0.464. The van der Waals surface area contributed by atoms with E-state index in [9.17, 15) is 9.59 Å². The van der Waals surface area contributed by atoms with Gasteiger partial charge in [0, 0.05) is 5.69 Å². The summed E-state index contributed by atoms with van der Waals surface area (Å²) in [5.41, 5.74) is 5.09. The van der Waals surface area contributed by atoms with Crippen LogP contribution in [0.25, 0.3) is 16.7 Å². The van der Waals surface area contributed by atoms with Crippen molar-refractivity contribution >= 4 is 34.4 Å². The highest BCUT2D eigenvalue weighted by molar-refractivity contribution is 7.99. The number of benzene rings is 2. The number of nitrogens with one attached hydrogen (secondary N) is 2. The number of amides is 1. The van der Waals surface area contributed by atoms with Gasteiger partial charge in [-0.1, -0.05) is 35.5 Å². The largest absolute Gasteiger partial charge is 0.495 e. The molecule has 0 bridgehead atoms. The molecule has 2 aromatic heterocycles. The van der Waals surface area contributed by atoms with Crippen molar-refractivity contribution in [3.63, 3.8) is 0 Å². The molecule has 8 heteroatoms. The van der Waals surface area contributed by atoms with E-state index in [4.69, 9.17) is 4.74 Å². The first-order valence-electron chi connectivity index (χ1n) is 10.1. The van der Waals surface area contributed by atoms with Crippen LogP contribution in [0.15, 0.2) is 58.5 Å². The second kappa shape index (κ2) is 8.92. The van der Waals surface area contributed by atoms with Crippen LogP contribution in [-0.4, -0.2) is 33.3 Å². The molecule has 2 N–H and O–H groups in total. The third kappa shape index (κ3) is 4.40. The van der Waals surface area contributed by atoms with Gasteiger partial charge in [-0.05, 0) is 56.7 Å². The molecule has 0 atom stereocenters. The van der Waals surface area contributed by atoms with Gasteiger partial charge in [0.1, 0.15) is 11.3 Å². The smallest absolute Gasteiger partial charge is 0.283 e. The van der Waals surface area contributed by atoms with Crippen molar-refractivity contribution in [2.75, 3.05) is 18.2 Å². The number of aromatic amines is 1. The van der Waals surface area contributed by atoms with E-state index in [0.717, 1.165) is 16.8 Å². The van der Waals surface area contributed by atoms with Crippen LogP contribution in [0.4, 0.5) is 5.69 Å². The molecular formula is C24H24N4O3S. The molecule has 0 unspecified atom stereocenters. The molecule has 2 heterocycles. The first-order chi connectivity index (χ1) is 15.4. The summed E-state index contributed by atoms with van der Waals surface area (Å²) in [5, 5.41) is 3.34. The maximum atomic E-state index is 13.3. The average Bonchev–Trinajstić information content (AvgIpc) is 3.14. The van der Waals surface area contributed by atoms with Gasteiger partial charge in [0.05, 0.1) is 29.8 Å². The Bertz CT molecular complexity index is 1360. The molecule has 0 saturated carbocycles. The van der Waals surface area contributed by atoms with Crippen LogP contribution in [0.1, 0.15) is 16.8 Å². The lowest BCUT2D eigenvalue weighted by Gasteiger charge is -2.13. The maximum absolute atomic E-state index is 13.3. The van der Waals surface area contributed by atoms with Crippen LogP contribution in [0.5, 0.6) is 5.75 Å². The van der Waals surface area contributed by atoms with Gasteiger partial charge in [-0.25, -0.2) is 4.98 Å². The molecule has 0 fully saturated rings. The maximum Gasteiger partial charge on any atom is 0.283 e. The summed E-state index contributed by atoms with van der Waals surface area (Å²) in [6.45, 7) is 5.82. The van der Waals surface area contributed by atoms with E-state index in [2.05, 4.69) is 15.3 Å². The highest BCUT2D eigenvalue weighted by atomic mass is 32.2. The predicted octanol–water partition coefficient (Wildman–Crippen LogP) is 4.38. The van der Waals surface area contributed by atoms with Crippen LogP contribution >= 0.6 is 11.8 Å². The van der Waals surface area contributed by atoms with Gasteiger partial charge in [0.25, 0.3) is 5.56 Å². The Morgan fingerprint density at radius 2 is 1.81 bits per heavy atom. The molecule has 0 aliphatic carbocycles. The lowest BCUT2D eigenvalue weighted by atomic mass is 10.2. The van der Waals surface area contributed by atoms with Crippen molar-refractivity contribution < 1.29 is 9.53 Å². The minimum atomic E-state index is -0.214. The molecule has 4 aromatic rings. The van der Waals surface area contributed by atoms with Crippen LogP contribution in [-0.2, 0) is 4.79 Å². The summed E-state index contributed by atoms with van der Waals surface area (Å²) in [6.07, 6.45) is 0. The molecule has 2 aromatic carbocycles. The third-order valence-corrected chi connectivity index (χ3v) is 5.95. The van der Waals surface area contributed by atoms with Gasteiger partial charge in [0.2, 0.25) is 5.91 Å². The van der Waals surface area contributed by atoms with Gasteiger partial charge in [0.15, 0.2) is 5.16 Å². The Balaban J connectivity index is 1.66. The number of hydrogen-bond acceptors (Lipinski definition) is 5. The molecule has 1 amide bonds. The molecule has 0 spiro atoms. The van der Waals surface area contributed by atoms with Gasteiger partial charge in [-0.15, -0.1) is 0 Å². The molecule has 0 radical (unpaired) electrons. The van der Waals surface area contributed by atoms with Gasteiger partial charge < -0.3 is 15.0 Å². The highest BCUT2D eigenvalue weighted by Gasteiger charge is 2.17. The number of aromatic nitrogens is 3. The van der Waals surface area contributed by atoms with Crippen molar-refractivity contribution in [3.05, 3.63) is 75.7 Å². The second-order valence-corrected chi connectivity index (χ2v) is 8.57. The number of fused-ring (bicyclic) bond motifs is 1. The molecule has 32 heavy (non-hydrogen) atoms. The molecule has 0 aliphatic heterocycles. The topological polar surface area (TPSA) is 89.0 Å². The Hall–Kier alpha value is -3.52. The monoisotopic (exact) mass is 448 g/mol. The van der Waals surface area contributed by atoms with Crippen molar-refractivity contribution in [2.24, 2.45) is 0 Å². The zero-order valence-corrected chi connectivity index (χ0v) is 19.2. The lowest BCUT2D eigenvalue weighted by Crippen LogP contribution is -2.23. The Morgan fingerprint density at radius 1 is 1.09 bits per heavy atom. The molecule has 7 nitrogen and oxygen atoms in total. The second-order valence-electron chi connectivity index (χ2n) is 7.62. The molecule has 0 saturated heterocycles. The standard InChI is InChI=1S/C24H24N4O3S/c1-14-5-8-17(9-6-14)28-23(30)22-19(12-16(3)25-22)27-24(28)32-13-21(29)26-18-11-15(2)7-10-20(18)31-4/h5-12,25H,13H2,1-4H3,(H,26,29). The van der Waals surface area contributed by atoms with Crippen LogP contribution < -0.4 is 15.6 Å². The van der Waals surface area contributed by atoms with E-state index in [1.807, 2.05) is 69.3 Å². The SMILES string of the molecule is COc1ccc(C)cc1NC(=O)CSc1nc2cc(C)[nH]c2c(=O)n1-c1ccc(C)cc1. The number of H-pyrrole nitrogens is 1. The first kappa shape index (κ1) is 21.7. The number of carbonyl (C=O) groups excluding carboxylic acids is 1. The van der Waals surface area contributed by atoms with E-state index in [0.29, 0.717) is 33.3 Å². The highest BCUT2D eigenvalue weighted by Crippen LogP contribution is 2.26. The van der Waals surface area contributed by atoms with Crippen LogP contribution in [0.3, 0.4) is 0 Å².